The second-order valence-electron chi connectivity index (χ2n) is 8.57. The normalized spacial score (nSPS) is 11.9. The molecule has 0 bridgehead atoms. The lowest BCUT2D eigenvalue weighted by atomic mass is 10.1. The maximum absolute atomic E-state index is 13.9. The quantitative estimate of drug-likeness (QED) is 0.238. The summed E-state index contributed by atoms with van der Waals surface area (Å²) in [5.74, 6) is 0.973. The summed E-state index contributed by atoms with van der Waals surface area (Å²) in [5, 5.41) is 0.512. The van der Waals surface area contributed by atoms with Crippen molar-refractivity contribution < 1.29 is 9.53 Å². The molecule has 3 aromatic carbocycles. The summed E-state index contributed by atoms with van der Waals surface area (Å²) in [6.45, 7) is 6.93. The van der Waals surface area contributed by atoms with Gasteiger partial charge in [0.25, 0.3) is 11.5 Å². The SMILES string of the molecule is CCCCN(C(=O)c1cccc(Br)c1)C(C)c1nc2ccccc2c(=O)n1-c1ccccc1OCC. The van der Waals surface area contributed by atoms with Gasteiger partial charge in [0, 0.05) is 16.6 Å². The first-order chi connectivity index (χ1) is 17.5. The summed E-state index contributed by atoms with van der Waals surface area (Å²) < 4.78 is 8.31. The first-order valence-electron chi connectivity index (χ1n) is 12.3. The summed E-state index contributed by atoms with van der Waals surface area (Å²) in [5.41, 5.74) is 1.59. The van der Waals surface area contributed by atoms with Gasteiger partial charge in [-0.2, -0.15) is 0 Å². The second kappa shape index (κ2) is 11.5. The van der Waals surface area contributed by atoms with Gasteiger partial charge in [-0.15, -0.1) is 0 Å². The smallest absolute Gasteiger partial charge is 0.266 e. The summed E-state index contributed by atoms with van der Waals surface area (Å²) in [6, 6.07) is 21.6. The number of carbonyl (C=O) groups is 1. The van der Waals surface area contributed by atoms with Crippen LogP contribution in [0.1, 0.15) is 55.8 Å². The van der Waals surface area contributed by atoms with E-state index in [1.807, 2.05) is 85.5 Å². The molecule has 36 heavy (non-hydrogen) atoms. The lowest BCUT2D eigenvalue weighted by Crippen LogP contribution is -2.38. The van der Waals surface area contributed by atoms with Gasteiger partial charge in [0.1, 0.15) is 11.6 Å². The molecule has 1 unspecified atom stereocenters. The highest BCUT2D eigenvalue weighted by Gasteiger charge is 2.28. The van der Waals surface area contributed by atoms with E-state index in [9.17, 15) is 9.59 Å². The van der Waals surface area contributed by atoms with Gasteiger partial charge in [-0.25, -0.2) is 4.98 Å². The van der Waals surface area contributed by atoms with Crippen molar-refractivity contribution >= 4 is 32.7 Å². The van der Waals surface area contributed by atoms with E-state index in [2.05, 4.69) is 22.9 Å². The van der Waals surface area contributed by atoms with Crippen LogP contribution in [0.25, 0.3) is 16.6 Å². The number of rotatable bonds is 9. The van der Waals surface area contributed by atoms with Gasteiger partial charge in [-0.3, -0.25) is 14.2 Å². The van der Waals surface area contributed by atoms with Gasteiger partial charge in [-0.1, -0.05) is 59.6 Å². The van der Waals surface area contributed by atoms with Crippen molar-refractivity contribution in [1.29, 1.82) is 0 Å². The minimum absolute atomic E-state index is 0.107. The molecule has 6 nitrogen and oxygen atoms in total. The van der Waals surface area contributed by atoms with Crippen LogP contribution in [0.2, 0.25) is 0 Å². The van der Waals surface area contributed by atoms with Crippen molar-refractivity contribution in [3.63, 3.8) is 0 Å². The molecule has 186 valence electrons. The number of hydrogen-bond donors (Lipinski definition) is 0. The summed E-state index contributed by atoms with van der Waals surface area (Å²) >= 11 is 3.47. The number of benzene rings is 3. The average Bonchev–Trinajstić information content (AvgIpc) is 2.89. The molecule has 0 radical (unpaired) electrons. The molecule has 0 aliphatic rings. The van der Waals surface area contributed by atoms with Crippen LogP contribution in [-0.2, 0) is 0 Å². The number of halogens is 1. The Balaban J connectivity index is 1.93. The van der Waals surface area contributed by atoms with Crippen molar-refractivity contribution in [3.05, 3.63) is 99.0 Å². The number of para-hydroxylation sites is 3. The largest absolute Gasteiger partial charge is 0.492 e. The third-order valence-corrected chi connectivity index (χ3v) is 6.63. The van der Waals surface area contributed by atoms with Gasteiger partial charge < -0.3 is 9.64 Å². The van der Waals surface area contributed by atoms with Crippen LogP contribution in [0.3, 0.4) is 0 Å². The Morgan fingerprint density at radius 3 is 2.56 bits per heavy atom. The highest BCUT2D eigenvalue weighted by atomic mass is 79.9. The van der Waals surface area contributed by atoms with Gasteiger partial charge >= 0.3 is 0 Å². The maximum atomic E-state index is 13.9. The van der Waals surface area contributed by atoms with Crippen LogP contribution in [-0.4, -0.2) is 33.5 Å². The van der Waals surface area contributed by atoms with Crippen LogP contribution in [0.5, 0.6) is 5.75 Å². The summed E-state index contributed by atoms with van der Waals surface area (Å²) in [4.78, 5) is 34.4. The lowest BCUT2D eigenvalue weighted by molar-refractivity contribution is 0.0678. The number of unbranched alkanes of at least 4 members (excludes halogenated alkanes) is 1. The van der Waals surface area contributed by atoms with Gasteiger partial charge in [0.2, 0.25) is 0 Å². The zero-order valence-corrected chi connectivity index (χ0v) is 22.4. The number of ether oxygens (including phenoxy) is 1. The van der Waals surface area contributed by atoms with Crippen molar-refractivity contribution in [2.45, 2.75) is 39.7 Å². The Labute approximate surface area is 219 Å². The number of hydrogen-bond acceptors (Lipinski definition) is 4. The molecule has 0 fully saturated rings. The zero-order chi connectivity index (χ0) is 25.7. The van der Waals surface area contributed by atoms with Crippen molar-refractivity contribution in [2.24, 2.45) is 0 Å². The highest BCUT2D eigenvalue weighted by Crippen LogP contribution is 2.29. The van der Waals surface area contributed by atoms with Gasteiger partial charge in [0.05, 0.1) is 29.2 Å². The molecule has 0 aliphatic heterocycles. The van der Waals surface area contributed by atoms with Crippen molar-refractivity contribution in [3.8, 4) is 11.4 Å². The fraction of sp³-hybridized carbons (Fsp3) is 0.276. The molecular weight excluding hydrogens is 518 g/mol. The molecule has 1 amide bonds. The fourth-order valence-electron chi connectivity index (χ4n) is 4.31. The Hall–Kier alpha value is -3.45. The minimum atomic E-state index is -0.477. The molecule has 1 aromatic heterocycles. The number of carbonyl (C=O) groups excluding carboxylic acids is 1. The van der Waals surface area contributed by atoms with Crippen LogP contribution >= 0.6 is 15.9 Å². The third-order valence-electron chi connectivity index (χ3n) is 6.13. The van der Waals surface area contributed by atoms with E-state index in [0.717, 1.165) is 17.3 Å². The van der Waals surface area contributed by atoms with Gasteiger partial charge in [0.15, 0.2) is 0 Å². The van der Waals surface area contributed by atoms with E-state index in [1.165, 1.54) is 0 Å². The lowest BCUT2D eigenvalue weighted by Gasteiger charge is -2.31. The number of nitrogens with zero attached hydrogens (tertiary/aromatic N) is 3. The predicted octanol–water partition coefficient (Wildman–Crippen LogP) is 6.55. The van der Waals surface area contributed by atoms with E-state index in [0.29, 0.717) is 46.9 Å². The molecule has 1 heterocycles. The van der Waals surface area contributed by atoms with E-state index in [-0.39, 0.29) is 11.5 Å². The minimum Gasteiger partial charge on any atom is -0.492 e. The van der Waals surface area contributed by atoms with Gasteiger partial charge in [-0.05, 0) is 62.7 Å². The molecule has 4 rings (SSSR count). The Kier molecular flexibility index (Phi) is 8.21. The first-order valence-corrected chi connectivity index (χ1v) is 13.1. The van der Waals surface area contributed by atoms with Crippen LogP contribution in [0.4, 0.5) is 0 Å². The number of fused-ring (bicyclic) bond motifs is 1. The van der Waals surface area contributed by atoms with Crippen LogP contribution in [0.15, 0.2) is 82.1 Å². The van der Waals surface area contributed by atoms with Crippen molar-refractivity contribution in [2.75, 3.05) is 13.2 Å². The molecule has 0 saturated heterocycles. The number of aromatic nitrogens is 2. The molecule has 0 aliphatic carbocycles. The first kappa shape index (κ1) is 25.6. The monoisotopic (exact) mass is 547 g/mol. The molecule has 7 heteroatoms. The van der Waals surface area contributed by atoms with E-state index in [4.69, 9.17) is 9.72 Å². The Bertz CT molecular complexity index is 1430. The molecular formula is C29H30BrN3O3. The summed E-state index contributed by atoms with van der Waals surface area (Å²) in [6.07, 6.45) is 1.76. The van der Waals surface area contributed by atoms with Crippen LogP contribution in [0, 0.1) is 0 Å². The second-order valence-corrected chi connectivity index (χ2v) is 9.48. The summed E-state index contributed by atoms with van der Waals surface area (Å²) in [7, 11) is 0. The third kappa shape index (κ3) is 5.21. The highest BCUT2D eigenvalue weighted by molar-refractivity contribution is 9.10. The molecule has 0 saturated carbocycles. The zero-order valence-electron chi connectivity index (χ0n) is 20.8. The maximum Gasteiger partial charge on any atom is 0.266 e. The average molecular weight is 548 g/mol. The van der Waals surface area contributed by atoms with Crippen molar-refractivity contribution in [1.82, 2.24) is 14.5 Å². The fourth-order valence-corrected chi connectivity index (χ4v) is 4.71. The standard InChI is InChI=1S/C29H30BrN3O3/c1-4-6-18-32(28(34)21-12-11-13-22(30)19-21)20(3)27-31-24-15-8-7-14-23(24)29(35)33(27)25-16-9-10-17-26(25)36-5-2/h7-17,19-20H,4-6,18H2,1-3H3. The molecule has 1 atom stereocenters. The molecule has 0 spiro atoms. The molecule has 4 aromatic rings. The van der Waals surface area contributed by atoms with E-state index >= 15 is 0 Å². The number of amides is 1. The Morgan fingerprint density at radius 1 is 1.06 bits per heavy atom. The van der Waals surface area contributed by atoms with Crippen LogP contribution < -0.4 is 10.3 Å². The topological polar surface area (TPSA) is 64.4 Å². The van der Waals surface area contributed by atoms with E-state index < -0.39 is 6.04 Å². The molecule has 0 N–H and O–H groups in total. The predicted molar refractivity (Wildman–Crippen MR) is 147 cm³/mol. The van der Waals surface area contributed by atoms with E-state index in [1.54, 1.807) is 10.6 Å². The Morgan fingerprint density at radius 2 is 1.81 bits per heavy atom.